The number of aliphatic hydroxyl groups is 2. The van der Waals surface area contributed by atoms with Gasteiger partial charge in [-0.05, 0) is 114 Å². The number of ketones is 1. The highest BCUT2D eigenvalue weighted by Gasteiger charge is 2.74. The lowest BCUT2D eigenvalue weighted by molar-refractivity contribution is -0.175. The fraction of sp³-hybridized carbons (Fsp3) is 0.388. The molecule has 7 heteroatoms. The molecule has 1 unspecified atom stereocenters. The van der Waals surface area contributed by atoms with Gasteiger partial charge < -0.3 is 24.3 Å². The van der Waals surface area contributed by atoms with E-state index in [0.717, 1.165) is 58.4 Å². The molecule has 2 N–H and O–H groups in total. The molecule has 2 bridgehead atoms. The summed E-state index contributed by atoms with van der Waals surface area (Å²) in [6, 6.07) is 31.5. The van der Waals surface area contributed by atoms with Crippen LogP contribution in [0, 0.1) is 33.5 Å². The summed E-state index contributed by atoms with van der Waals surface area (Å²) in [6.07, 6.45) is 12.4. The first kappa shape index (κ1) is 35.4. The van der Waals surface area contributed by atoms with Crippen molar-refractivity contribution in [3.8, 4) is 5.75 Å². The number of carbonyl (C=O) groups excluding carboxylic acids is 2. The Bertz CT molecular complexity index is 2450. The number of hydrogen-bond donors (Lipinski definition) is 2. The average Bonchev–Trinajstić information content (AvgIpc) is 3.84. The molecular weight excluding hydrogens is 699 g/mol. The second-order valence-corrected chi connectivity index (χ2v) is 18.0. The molecule has 5 aromatic rings. The molecular formula is C49H49NO6. The van der Waals surface area contributed by atoms with Crippen molar-refractivity contribution in [1.29, 1.82) is 0 Å². The first-order valence-electron chi connectivity index (χ1n) is 20.3. The van der Waals surface area contributed by atoms with E-state index in [2.05, 4.69) is 50.3 Å². The smallest absolute Gasteiger partial charge is 0.415 e. The number of benzene rings is 4. The number of amides is 1. The Morgan fingerprint density at radius 1 is 0.804 bits per heavy atom. The van der Waals surface area contributed by atoms with Gasteiger partial charge in [-0.1, -0.05) is 105 Å². The highest BCUT2D eigenvalue weighted by Crippen LogP contribution is 2.78. The summed E-state index contributed by atoms with van der Waals surface area (Å²) in [4.78, 5) is 30.9. The molecule has 8 atom stereocenters. The minimum absolute atomic E-state index is 0.0712. The van der Waals surface area contributed by atoms with Crippen LogP contribution in [0.1, 0.15) is 74.9 Å². The fourth-order valence-electron chi connectivity index (χ4n) is 12.7. The predicted octanol–water partition coefficient (Wildman–Crippen LogP) is 10.1. The van der Waals surface area contributed by atoms with Crippen molar-refractivity contribution in [2.75, 3.05) is 6.54 Å². The molecule has 2 spiro atoms. The van der Waals surface area contributed by atoms with Crippen LogP contribution in [0.25, 0.3) is 21.5 Å². The van der Waals surface area contributed by atoms with Crippen LogP contribution in [0.15, 0.2) is 132 Å². The fourth-order valence-corrected chi connectivity index (χ4v) is 12.7. The Labute approximate surface area is 327 Å². The van der Waals surface area contributed by atoms with Crippen molar-refractivity contribution in [1.82, 2.24) is 4.90 Å². The average molecular weight is 748 g/mol. The van der Waals surface area contributed by atoms with Crippen LogP contribution in [-0.2, 0) is 6.54 Å². The molecule has 7 nitrogen and oxygen atoms in total. The number of carbonyl (C=O) groups is 2. The molecule has 56 heavy (non-hydrogen) atoms. The number of nitrogens with zero attached hydrogens (tertiary/aromatic N) is 1. The lowest BCUT2D eigenvalue weighted by Crippen LogP contribution is -2.67. The van der Waals surface area contributed by atoms with E-state index in [9.17, 15) is 19.8 Å². The van der Waals surface area contributed by atoms with Gasteiger partial charge in [0.25, 0.3) is 0 Å². The lowest BCUT2D eigenvalue weighted by atomic mass is 9.32. The Balaban J connectivity index is 1.04. The molecule has 6 aliphatic carbocycles. The van der Waals surface area contributed by atoms with Crippen molar-refractivity contribution in [2.45, 2.75) is 77.0 Å². The highest BCUT2D eigenvalue weighted by atomic mass is 16.6. The first-order chi connectivity index (χ1) is 27.0. The van der Waals surface area contributed by atoms with Crippen molar-refractivity contribution >= 4 is 33.4 Å². The topological polar surface area (TPSA) is 100 Å². The number of Topliss-reactive ketones (excluding diaryl/α,β-unsaturated/α-hetero) is 1. The number of rotatable bonds is 7. The van der Waals surface area contributed by atoms with E-state index in [1.54, 1.807) is 23.3 Å². The Morgan fingerprint density at radius 2 is 1.54 bits per heavy atom. The molecule has 11 rings (SSSR count). The third-order valence-corrected chi connectivity index (χ3v) is 15.6. The largest absolute Gasteiger partial charge is 0.461 e. The van der Waals surface area contributed by atoms with E-state index in [0.29, 0.717) is 30.8 Å². The molecule has 0 aliphatic heterocycles. The van der Waals surface area contributed by atoms with Crippen molar-refractivity contribution < 1.29 is 29.0 Å². The van der Waals surface area contributed by atoms with Crippen LogP contribution in [0.5, 0.6) is 5.75 Å². The van der Waals surface area contributed by atoms with Crippen LogP contribution in [0.4, 0.5) is 4.79 Å². The SMILES string of the molecule is C[C@]12CC[C@H]3[C@]4(C=C[C@@]5(C=C4C(=O)c4ccco4)CC(O)CC[C@]35C)[C@@H]1CC[C@@]2(O)CN(Cc1cccc2ccccc12)C(=O)Oc1ccc2ccccc2c1. The van der Waals surface area contributed by atoms with Gasteiger partial charge in [-0.3, -0.25) is 4.79 Å². The first-order valence-corrected chi connectivity index (χ1v) is 20.3. The zero-order chi connectivity index (χ0) is 38.5. The Hall–Kier alpha value is -4.98. The molecule has 1 heterocycles. The summed E-state index contributed by atoms with van der Waals surface area (Å²) in [6.45, 7) is 4.92. The minimum Gasteiger partial charge on any atom is -0.461 e. The third kappa shape index (κ3) is 4.96. The van der Waals surface area contributed by atoms with Crippen LogP contribution in [0.2, 0.25) is 0 Å². The van der Waals surface area contributed by atoms with E-state index in [1.807, 2.05) is 66.7 Å². The van der Waals surface area contributed by atoms with Gasteiger partial charge in [0.2, 0.25) is 5.78 Å². The summed E-state index contributed by atoms with van der Waals surface area (Å²) >= 11 is 0. The number of aliphatic hydroxyl groups excluding tert-OH is 1. The second-order valence-electron chi connectivity index (χ2n) is 18.0. The Kier molecular flexibility index (Phi) is 7.92. The summed E-state index contributed by atoms with van der Waals surface area (Å²) < 4.78 is 11.9. The normalized spacial score (nSPS) is 34.1. The van der Waals surface area contributed by atoms with Crippen molar-refractivity contribution in [3.63, 3.8) is 0 Å². The van der Waals surface area contributed by atoms with Gasteiger partial charge in [0.1, 0.15) is 5.75 Å². The maximum atomic E-state index is 14.7. The third-order valence-electron chi connectivity index (χ3n) is 15.6. The molecule has 3 saturated carbocycles. The summed E-state index contributed by atoms with van der Waals surface area (Å²) in [5.41, 5.74) is -1.41. The monoisotopic (exact) mass is 747 g/mol. The summed E-state index contributed by atoms with van der Waals surface area (Å²) in [7, 11) is 0. The number of ether oxygens (including phenoxy) is 1. The van der Waals surface area contributed by atoms with Gasteiger partial charge in [-0.15, -0.1) is 0 Å². The van der Waals surface area contributed by atoms with Crippen LogP contribution >= 0.6 is 0 Å². The van der Waals surface area contributed by atoms with Crippen molar-refractivity contribution in [3.05, 3.63) is 138 Å². The number of allylic oxidation sites excluding steroid dienone is 4. The van der Waals surface area contributed by atoms with Crippen molar-refractivity contribution in [2.24, 2.45) is 33.5 Å². The summed E-state index contributed by atoms with van der Waals surface area (Å²) in [5, 5.41) is 28.5. The van der Waals surface area contributed by atoms with Gasteiger partial charge in [-0.25, -0.2) is 4.79 Å². The van der Waals surface area contributed by atoms with Gasteiger partial charge >= 0.3 is 6.09 Å². The maximum absolute atomic E-state index is 14.7. The molecule has 1 amide bonds. The molecule has 0 radical (unpaired) electrons. The number of furan rings is 1. The number of hydrogen-bond acceptors (Lipinski definition) is 6. The molecule has 6 aliphatic rings. The quantitative estimate of drug-likeness (QED) is 0.127. The summed E-state index contributed by atoms with van der Waals surface area (Å²) in [5.74, 6) is 0.739. The molecule has 0 saturated heterocycles. The Morgan fingerprint density at radius 3 is 2.36 bits per heavy atom. The van der Waals surface area contributed by atoms with E-state index in [1.165, 1.54) is 0 Å². The minimum atomic E-state index is -1.27. The van der Waals surface area contributed by atoms with Gasteiger partial charge in [-0.2, -0.15) is 0 Å². The highest BCUT2D eigenvalue weighted by molar-refractivity contribution is 6.08. The molecule has 1 aromatic heterocycles. The van der Waals surface area contributed by atoms with Gasteiger partial charge in [0.05, 0.1) is 24.5 Å². The zero-order valence-corrected chi connectivity index (χ0v) is 32.1. The lowest BCUT2D eigenvalue weighted by Gasteiger charge is -2.71. The standard InChI is InChI=1S/C49H49NO6/c1-45-21-18-36(51)28-47(45)24-25-49(39(29-47)43(52)40-15-8-26-55-40)41(45)19-22-46(2)42(49)20-23-48(46,54)31-50(30-35-13-7-12-33-10-5-6-14-38(33)35)44(53)56-37-17-16-32-9-3-4-11-34(32)27-37/h3-17,24-27,29,36,41-42,51,54H,18-23,28,30-31H2,1-2H3/t36?,41-,42-,45-,46+,47+,48-,49-/m1/s1. The van der Waals surface area contributed by atoms with E-state index < -0.39 is 34.0 Å². The molecule has 3 fully saturated rings. The second kappa shape index (κ2) is 12.5. The zero-order valence-electron chi connectivity index (χ0n) is 32.1. The van der Waals surface area contributed by atoms with Crippen LogP contribution in [-0.4, -0.2) is 45.2 Å². The predicted molar refractivity (Wildman–Crippen MR) is 216 cm³/mol. The van der Waals surface area contributed by atoms with Crippen LogP contribution < -0.4 is 4.74 Å². The van der Waals surface area contributed by atoms with E-state index in [4.69, 9.17) is 9.15 Å². The van der Waals surface area contributed by atoms with Gasteiger partial charge in [0.15, 0.2) is 5.76 Å². The van der Waals surface area contributed by atoms with Gasteiger partial charge in [0, 0.05) is 28.4 Å². The maximum Gasteiger partial charge on any atom is 0.415 e. The van der Waals surface area contributed by atoms with E-state index in [-0.39, 0.29) is 36.1 Å². The number of fused-ring (bicyclic) bond motifs is 3. The molecule has 4 aromatic carbocycles. The van der Waals surface area contributed by atoms with Crippen LogP contribution in [0.3, 0.4) is 0 Å². The molecule has 286 valence electrons. The van der Waals surface area contributed by atoms with E-state index >= 15 is 0 Å².